The summed E-state index contributed by atoms with van der Waals surface area (Å²) in [5, 5.41) is 0. The third kappa shape index (κ3) is 13.5. The molecule has 3 rings (SSSR count). The predicted octanol–water partition coefficient (Wildman–Crippen LogP) is 11.3. The summed E-state index contributed by atoms with van der Waals surface area (Å²) in [6.07, 6.45) is 5.62. The largest absolute Gasteiger partial charge is 0.494 e. The molecular formula is C39H46F4O5. The monoisotopic (exact) mass is 670 g/mol. The van der Waals surface area contributed by atoms with Gasteiger partial charge in [-0.05, 0) is 72.9 Å². The average molecular weight is 671 g/mol. The second-order valence-corrected chi connectivity index (χ2v) is 11.8. The Labute approximate surface area is 281 Å². The summed E-state index contributed by atoms with van der Waals surface area (Å²) in [5.74, 6) is -2.02. The Hall–Kier alpha value is -4.14. The van der Waals surface area contributed by atoms with Crippen LogP contribution in [0.1, 0.15) is 107 Å². The molecule has 0 spiro atoms. The van der Waals surface area contributed by atoms with Crippen LogP contribution in [-0.2, 0) is 9.53 Å². The quantitative estimate of drug-likeness (QED) is 0.0394. The fourth-order valence-electron chi connectivity index (χ4n) is 5.05. The number of carbonyl (C=O) groups is 2. The Kier molecular flexibility index (Phi) is 16.2. The summed E-state index contributed by atoms with van der Waals surface area (Å²) in [6, 6.07) is 18.1. The zero-order chi connectivity index (χ0) is 34.8. The number of halogens is 4. The molecule has 0 aliphatic rings. The molecule has 260 valence electrons. The van der Waals surface area contributed by atoms with Crippen LogP contribution in [0.3, 0.4) is 0 Å². The van der Waals surface area contributed by atoms with Crippen molar-refractivity contribution in [1.29, 1.82) is 0 Å². The minimum Gasteiger partial charge on any atom is -0.494 e. The maximum Gasteiger partial charge on any atom is 0.425 e. The highest BCUT2D eigenvalue weighted by molar-refractivity contribution is 5.92. The lowest BCUT2D eigenvalue weighted by molar-refractivity contribution is -0.220. The number of rotatable bonds is 20. The molecule has 0 unspecified atom stereocenters. The molecule has 0 aliphatic carbocycles. The molecule has 3 aromatic rings. The molecule has 0 fully saturated rings. The Morgan fingerprint density at radius 2 is 1.29 bits per heavy atom. The van der Waals surface area contributed by atoms with Crippen molar-refractivity contribution in [3.63, 3.8) is 0 Å². The van der Waals surface area contributed by atoms with Crippen LogP contribution in [-0.4, -0.2) is 30.8 Å². The van der Waals surface area contributed by atoms with E-state index in [2.05, 4.69) is 11.7 Å². The molecular weight excluding hydrogens is 624 g/mol. The summed E-state index contributed by atoms with van der Waals surface area (Å²) in [5.41, 5.74) is 2.02. The summed E-state index contributed by atoms with van der Waals surface area (Å²) >= 11 is 0. The van der Waals surface area contributed by atoms with E-state index in [1.165, 1.54) is 50.7 Å². The van der Waals surface area contributed by atoms with Crippen LogP contribution in [0, 0.1) is 5.82 Å². The van der Waals surface area contributed by atoms with Gasteiger partial charge in [0, 0.05) is 17.7 Å². The SMILES string of the molecule is CCCCCCCCCOc1ccc(-c2ccc(C(=O)Oc3ccc(C=CC(=O)O[C@H](CCCCCC)C(F)(F)F)c(F)c3)cc2)cc1. The first kappa shape index (κ1) is 38.3. The molecule has 0 aliphatic heterocycles. The minimum atomic E-state index is -4.69. The van der Waals surface area contributed by atoms with E-state index in [0.717, 1.165) is 54.4 Å². The number of benzene rings is 3. The van der Waals surface area contributed by atoms with Gasteiger partial charge in [-0.2, -0.15) is 13.2 Å². The zero-order valence-electron chi connectivity index (χ0n) is 27.8. The first-order chi connectivity index (χ1) is 23.1. The van der Waals surface area contributed by atoms with Crippen molar-refractivity contribution in [1.82, 2.24) is 0 Å². The van der Waals surface area contributed by atoms with Gasteiger partial charge >= 0.3 is 18.1 Å². The molecule has 1 atom stereocenters. The van der Waals surface area contributed by atoms with Crippen LogP contribution in [0.15, 0.2) is 72.8 Å². The Morgan fingerprint density at radius 1 is 0.729 bits per heavy atom. The van der Waals surface area contributed by atoms with Crippen molar-refractivity contribution in [2.75, 3.05) is 6.61 Å². The number of unbranched alkanes of at least 4 members (excludes halogenated alkanes) is 9. The van der Waals surface area contributed by atoms with E-state index in [0.29, 0.717) is 13.0 Å². The molecule has 0 radical (unpaired) electrons. The highest BCUT2D eigenvalue weighted by atomic mass is 19.4. The summed E-state index contributed by atoms with van der Waals surface area (Å²) in [6.45, 7) is 4.84. The van der Waals surface area contributed by atoms with Gasteiger partial charge in [0.25, 0.3) is 0 Å². The van der Waals surface area contributed by atoms with Crippen molar-refractivity contribution in [3.05, 3.63) is 89.8 Å². The predicted molar refractivity (Wildman–Crippen MR) is 180 cm³/mol. The third-order valence-electron chi connectivity index (χ3n) is 7.85. The number of hydrogen-bond acceptors (Lipinski definition) is 5. The van der Waals surface area contributed by atoms with Gasteiger partial charge in [-0.25, -0.2) is 14.0 Å². The van der Waals surface area contributed by atoms with Crippen molar-refractivity contribution >= 4 is 18.0 Å². The molecule has 48 heavy (non-hydrogen) atoms. The molecule has 0 saturated heterocycles. The Bertz CT molecular complexity index is 1430. The van der Waals surface area contributed by atoms with Gasteiger partial charge in [-0.15, -0.1) is 0 Å². The number of hydrogen-bond donors (Lipinski definition) is 0. The Morgan fingerprint density at radius 3 is 1.90 bits per heavy atom. The number of alkyl halides is 3. The fraction of sp³-hybridized carbons (Fsp3) is 0.436. The highest BCUT2D eigenvalue weighted by Gasteiger charge is 2.42. The van der Waals surface area contributed by atoms with Gasteiger partial charge in [0.05, 0.1) is 12.2 Å². The number of carbonyl (C=O) groups excluding carboxylic acids is 2. The van der Waals surface area contributed by atoms with Gasteiger partial charge in [-0.3, -0.25) is 0 Å². The molecule has 5 nitrogen and oxygen atoms in total. The lowest BCUT2D eigenvalue weighted by atomic mass is 10.0. The Balaban J connectivity index is 1.48. The summed E-state index contributed by atoms with van der Waals surface area (Å²) in [4.78, 5) is 24.8. The standard InChI is InChI=1S/C39H46F4O5/c1-3-5-7-9-10-11-13-27-46-33-23-19-30(20-24-33)29-15-17-32(18-16-29)38(45)47-34-25-21-31(35(40)28-34)22-26-37(44)48-36(39(41,42)43)14-12-8-6-4-2/h15-26,28,36H,3-14,27H2,1-2H3/t36-/m1/s1. The van der Waals surface area contributed by atoms with Crippen LogP contribution in [0.25, 0.3) is 17.2 Å². The highest BCUT2D eigenvalue weighted by Crippen LogP contribution is 2.28. The first-order valence-electron chi connectivity index (χ1n) is 16.9. The van der Waals surface area contributed by atoms with Crippen molar-refractivity contribution in [3.8, 4) is 22.6 Å². The van der Waals surface area contributed by atoms with E-state index in [1.54, 1.807) is 24.3 Å². The molecule has 0 bridgehead atoms. The van der Waals surface area contributed by atoms with Crippen molar-refractivity contribution in [2.24, 2.45) is 0 Å². The summed E-state index contributed by atoms with van der Waals surface area (Å²) < 4.78 is 70.3. The molecule has 9 heteroatoms. The van der Waals surface area contributed by atoms with E-state index in [9.17, 15) is 27.2 Å². The van der Waals surface area contributed by atoms with Crippen molar-refractivity contribution < 1.29 is 41.4 Å². The van der Waals surface area contributed by atoms with Gasteiger partial charge in [-0.1, -0.05) is 95.9 Å². The molecule has 0 heterocycles. The van der Waals surface area contributed by atoms with Gasteiger partial charge in [0.1, 0.15) is 17.3 Å². The van der Waals surface area contributed by atoms with E-state index in [4.69, 9.17) is 9.47 Å². The van der Waals surface area contributed by atoms with Crippen LogP contribution in [0.2, 0.25) is 0 Å². The normalized spacial score (nSPS) is 12.2. The van der Waals surface area contributed by atoms with Gasteiger partial charge in [0.2, 0.25) is 0 Å². The number of ether oxygens (including phenoxy) is 3. The van der Waals surface area contributed by atoms with Crippen molar-refractivity contribution in [2.45, 2.75) is 103 Å². The minimum absolute atomic E-state index is 0.0717. The van der Waals surface area contributed by atoms with Crippen LogP contribution >= 0.6 is 0 Å². The zero-order valence-corrected chi connectivity index (χ0v) is 27.8. The smallest absolute Gasteiger partial charge is 0.425 e. The lowest BCUT2D eigenvalue weighted by Gasteiger charge is -2.19. The maximum atomic E-state index is 14.7. The molecule has 0 N–H and O–H groups in total. The third-order valence-corrected chi connectivity index (χ3v) is 7.85. The second kappa shape index (κ2) is 20.3. The van der Waals surface area contributed by atoms with Gasteiger partial charge < -0.3 is 14.2 Å². The van der Waals surface area contributed by atoms with Crippen LogP contribution in [0.5, 0.6) is 11.5 Å². The summed E-state index contributed by atoms with van der Waals surface area (Å²) in [7, 11) is 0. The van der Waals surface area contributed by atoms with E-state index in [-0.39, 0.29) is 29.7 Å². The van der Waals surface area contributed by atoms with Gasteiger partial charge in [0.15, 0.2) is 6.10 Å². The lowest BCUT2D eigenvalue weighted by Crippen LogP contribution is -2.33. The molecule has 3 aromatic carbocycles. The molecule has 0 amide bonds. The maximum absolute atomic E-state index is 14.7. The first-order valence-corrected chi connectivity index (χ1v) is 16.9. The van der Waals surface area contributed by atoms with E-state index < -0.39 is 30.0 Å². The van der Waals surface area contributed by atoms with Crippen LogP contribution in [0.4, 0.5) is 17.6 Å². The fourth-order valence-corrected chi connectivity index (χ4v) is 5.05. The van der Waals surface area contributed by atoms with Crippen LogP contribution < -0.4 is 9.47 Å². The molecule has 0 saturated carbocycles. The second-order valence-electron chi connectivity index (χ2n) is 11.8. The topological polar surface area (TPSA) is 61.8 Å². The average Bonchev–Trinajstić information content (AvgIpc) is 3.07. The van der Waals surface area contributed by atoms with E-state index in [1.807, 2.05) is 31.2 Å². The number of esters is 2. The van der Waals surface area contributed by atoms with E-state index >= 15 is 0 Å². The molecule has 0 aromatic heterocycles.